The molecule has 3 aliphatic rings. The van der Waals surface area contributed by atoms with Crippen molar-refractivity contribution in [2.75, 3.05) is 0 Å². The lowest BCUT2D eigenvalue weighted by molar-refractivity contribution is -0.126. The summed E-state index contributed by atoms with van der Waals surface area (Å²) in [4.78, 5) is 17.3. The summed E-state index contributed by atoms with van der Waals surface area (Å²) >= 11 is 0. The van der Waals surface area contributed by atoms with Crippen molar-refractivity contribution >= 4 is 16.8 Å². The molecule has 2 aromatic rings. The second kappa shape index (κ2) is 8.39. The normalized spacial score (nSPS) is 27.5. The quantitative estimate of drug-likeness (QED) is 0.442. The van der Waals surface area contributed by atoms with E-state index in [1.54, 1.807) is 24.4 Å². The lowest BCUT2D eigenvalue weighted by atomic mass is 9.91. The molecular formula is C25H26FN5O2. The molecule has 0 saturated heterocycles. The van der Waals surface area contributed by atoms with Crippen molar-refractivity contribution in [1.29, 1.82) is 5.26 Å². The van der Waals surface area contributed by atoms with Gasteiger partial charge in [-0.15, -0.1) is 0 Å². The van der Waals surface area contributed by atoms with E-state index in [2.05, 4.69) is 10.3 Å². The van der Waals surface area contributed by atoms with Crippen molar-refractivity contribution in [3.63, 3.8) is 0 Å². The summed E-state index contributed by atoms with van der Waals surface area (Å²) in [5, 5.41) is 12.2. The molecule has 1 aromatic carbocycles. The molecule has 1 heterocycles. The summed E-state index contributed by atoms with van der Waals surface area (Å²) in [5.41, 5.74) is 12.1. The van der Waals surface area contributed by atoms with Gasteiger partial charge in [-0.25, -0.2) is 4.39 Å². The SMILES string of the molecule is N#C/C(N)=C/C=C(\N)NC(=O)C(C1CC1)C1C2CC(Oc3ccnc4ccc(F)cc34)CC21. The van der Waals surface area contributed by atoms with Crippen LogP contribution in [0.2, 0.25) is 0 Å². The number of amides is 1. The standard InChI is InChI=1S/C25H26FN5O2/c26-14-3-5-20-19(9-14)21(7-8-30-20)33-16-10-17-18(11-16)24(17)23(13-1-2-13)25(32)31-22(29)6-4-15(28)12-27/h3-9,13,16-18,23-24H,1-2,10-11,28-29H2,(H,31,32)/b15-4-,22-6+. The largest absolute Gasteiger partial charge is 0.490 e. The number of benzene rings is 1. The van der Waals surface area contributed by atoms with Crippen LogP contribution in [0.4, 0.5) is 4.39 Å². The molecule has 0 bridgehead atoms. The van der Waals surface area contributed by atoms with Crippen LogP contribution in [0.25, 0.3) is 10.9 Å². The number of hydrogen-bond donors (Lipinski definition) is 3. The van der Waals surface area contributed by atoms with Crippen LogP contribution in [0, 0.1) is 46.7 Å². The minimum absolute atomic E-state index is 0.0263. The number of aromatic nitrogens is 1. The molecule has 7 nitrogen and oxygen atoms in total. The molecule has 1 aromatic heterocycles. The number of nitriles is 1. The average molecular weight is 448 g/mol. The Hall–Kier alpha value is -3.60. The summed E-state index contributed by atoms with van der Waals surface area (Å²) in [6.07, 6.45) is 8.45. The number of nitrogens with two attached hydrogens (primary N) is 2. The zero-order valence-corrected chi connectivity index (χ0v) is 18.1. The number of nitrogens with one attached hydrogen (secondary N) is 1. The van der Waals surface area contributed by atoms with Crippen molar-refractivity contribution in [1.82, 2.24) is 10.3 Å². The highest BCUT2D eigenvalue weighted by molar-refractivity contribution is 5.85. The van der Waals surface area contributed by atoms with E-state index >= 15 is 0 Å². The molecule has 33 heavy (non-hydrogen) atoms. The number of carbonyl (C=O) groups is 1. The second-order valence-electron chi connectivity index (χ2n) is 9.30. The van der Waals surface area contributed by atoms with Gasteiger partial charge in [0.05, 0.1) is 11.6 Å². The molecule has 8 heteroatoms. The van der Waals surface area contributed by atoms with Gasteiger partial charge in [0.15, 0.2) is 0 Å². The maximum Gasteiger partial charge on any atom is 0.229 e. The molecule has 170 valence electrons. The van der Waals surface area contributed by atoms with E-state index in [4.69, 9.17) is 21.5 Å². The Morgan fingerprint density at radius 2 is 2.00 bits per heavy atom. The summed E-state index contributed by atoms with van der Waals surface area (Å²) in [6, 6.07) is 8.10. The first-order valence-corrected chi connectivity index (χ1v) is 11.3. The van der Waals surface area contributed by atoms with E-state index < -0.39 is 0 Å². The molecule has 5 rings (SSSR count). The number of fused-ring (bicyclic) bond motifs is 2. The fraction of sp³-hybridized carbons (Fsp3) is 0.400. The second-order valence-corrected chi connectivity index (χ2v) is 9.30. The maximum atomic E-state index is 13.7. The minimum Gasteiger partial charge on any atom is -0.490 e. The minimum atomic E-state index is -0.313. The first-order valence-electron chi connectivity index (χ1n) is 11.3. The van der Waals surface area contributed by atoms with Gasteiger partial charge in [-0.1, -0.05) is 0 Å². The predicted octanol–water partition coefficient (Wildman–Crippen LogP) is 3.09. The van der Waals surface area contributed by atoms with Crippen LogP contribution >= 0.6 is 0 Å². The number of halogens is 1. The number of hydrogen-bond acceptors (Lipinski definition) is 6. The molecule has 3 atom stereocenters. The van der Waals surface area contributed by atoms with Crippen molar-refractivity contribution < 1.29 is 13.9 Å². The first-order chi connectivity index (χ1) is 15.9. The zero-order valence-electron chi connectivity index (χ0n) is 18.1. The van der Waals surface area contributed by atoms with Crippen LogP contribution < -0.4 is 21.5 Å². The number of carbonyl (C=O) groups excluding carboxylic acids is 1. The van der Waals surface area contributed by atoms with Gasteiger partial charge < -0.3 is 21.5 Å². The van der Waals surface area contributed by atoms with Crippen molar-refractivity contribution in [3.8, 4) is 11.8 Å². The van der Waals surface area contributed by atoms with E-state index in [1.807, 2.05) is 0 Å². The lowest BCUT2D eigenvalue weighted by Crippen LogP contribution is -2.36. The molecule has 1 amide bonds. The van der Waals surface area contributed by atoms with Crippen LogP contribution in [-0.4, -0.2) is 17.0 Å². The molecule has 0 spiro atoms. The van der Waals surface area contributed by atoms with E-state index in [-0.39, 0.29) is 35.3 Å². The Labute approximate surface area is 191 Å². The Kier molecular flexibility index (Phi) is 5.41. The van der Waals surface area contributed by atoms with Crippen molar-refractivity contribution in [2.24, 2.45) is 41.1 Å². The molecule has 3 unspecified atom stereocenters. The third-order valence-electron chi connectivity index (χ3n) is 7.11. The summed E-state index contributed by atoms with van der Waals surface area (Å²) in [6.45, 7) is 0. The van der Waals surface area contributed by atoms with E-state index in [0.717, 1.165) is 25.7 Å². The van der Waals surface area contributed by atoms with Crippen LogP contribution in [0.15, 0.2) is 54.1 Å². The molecule has 3 aliphatic carbocycles. The molecule has 0 aliphatic heterocycles. The molecule has 5 N–H and O–H groups in total. The van der Waals surface area contributed by atoms with E-state index in [1.165, 1.54) is 24.3 Å². The van der Waals surface area contributed by atoms with Crippen molar-refractivity contribution in [3.05, 3.63) is 59.9 Å². The smallest absolute Gasteiger partial charge is 0.229 e. The highest BCUT2D eigenvalue weighted by Gasteiger charge is 2.63. The predicted molar refractivity (Wildman–Crippen MR) is 120 cm³/mol. The van der Waals surface area contributed by atoms with Gasteiger partial charge in [0.1, 0.15) is 29.2 Å². The average Bonchev–Trinajstić information content (AvgIpc) is 3.71. The molecule has 3 saturated carbocycles. The Morgan fingerprint density at radius 1 is 1.24 bits per heavy atom. The number of pyridine rings is 1. The molecular weight excluding hydrogens is 421 g/mol. The Bertz CT molecular complexity index is 1190. The van der Waals surface area contributed by atoms with Crippen LogP contribution in [0.5, 0.6) is 5.75 Å². The summed E-state index contributed by atoms with van der Waals surface area (Å²) < 4.78 is 20.0. The van der Waals surface area contributed by atoms with Gasteiger partial charge in [-0.3, -0.25) is 9.78 Å². The Balaban J connectivity index is 1.22. The maximum absolute atomic E-state index is 13.7. The summed E-state index contributed by atoms with van der Waals surface area (Å²) in [5.74, 6) is 2.08. The number of allylic oxidation sites excluding steroid dienone is 3. The topological polar surface area (TPSA) is 127 Å². The molecule has 3 fully saturated rings. The summed E-state index contributed by atoms with van der Waals surface area (Å²) in [7, 11) is 0. The highest BCUT2D eigenvalue weighted by atomic mass is 19.1. The Morgan fingerprint density at radius 3 is 2.70 bits per heavy atom. The number of ether oxygens (including phenoxy) is 1. The van der Waals surface area contributed by atoms with Crippen LogP contribution in [0.1, 0.15) is 25.7 Å². The molecule has 0 radical (unpaired) electrons. The first kappa shape index (κ1) is 21.3. The van der Waals surface area contributed by atoms with Crippen LogP contribution in [0.3, 0.4) is 0 Å². The van der Waals surface area contributed by atoms with Gasteiger partial charge in [-0.2, -0.15) is 5.26 Å². The number of rotatable bonds is 7. The van der Waals surface area contributed by atoms with Gasteiger partial charge in [0.25, 0.3) is 0 Å². The highest BCUT2D eigenvalue weighted by Crippen LogP contribution is 2.64. The third kappa shape index (κ3) is 4.36. The van der Waals surface area contributed by atoms with E-state index in [9.17, 15) is 9.18 Å². The van der Waals surface area contributed by atoms with Gasteiger partial charge in [0.2, 0.25) is 5.91 Å². The van der Waals surface area contributed by atoms with E-state index in [0.29, 0.717) is 40.3 Å². The van der Waals surface area contributed by atoms with Crippen LogP contribution in [-0.2, 0) is 4.79 Å². The van der Waals surface area contributed by atoms with Gasteiger partial charge >= 0.3 is 0 Å². The zero-order chi connectivity index (χ0) is 23.1. The number of nitrogens with zero attached hydrogens (tertiary/aromatic N) is 2. The fourth-order valence-corrected chi connectivity index (χ4v) is 5.49. The monoisotopic (exact) mass is 447 g/mol. The lowest BCUT2D eigenvalue weighted by Gasteiger charge is -2.22. The van der Waals surface area contributed by atoms with Gasteiger partial charge in [-0.05, 0) is 85.8 Å². The fourth-order valence-electron chi connectivity index (χ4n) is 5.49. The van der Waals surface area contributed by atoms with Crippen molar-refractivity contribution in [2.45, 2.75) is 31.8 Å². The third-order valence-corrected chi connectivity index (χ3v) is 7.11. The van der Waals surface area contributed by atoms with Gasteiger partial charge in [0, 0.05) is 17.5 Å².